The van der Waals surface area contributed by atoms with Gasteiger partial charge < -0.3 is 39.8 Å². The lowest BCUT2D eigenvalue weighted by Gasteiger charge is -2.40. The van der Waals surface area contributed by atoms with Crippen LogP contribution in [0.4, 0.5) is 5.69 Å². The zero-order valence-corrected chi connectivity index (χ0v) is 20.8. The molecule has 2 aromatic carbocycles. The predicted molar refractivity (Wildman–Crippen MR) is 133 cm³/mol. The highest BCUT2D eigenvalue weighted by molar-refractivity contribution is 6.54. The van der Waals surface area contributed by atoms with E-state index in [9.17, 15) is 24.9 Å². The van der Waals surface area contributed by atoms with E-state index in [0.29, 0.717) is 17.0 Å². The molecule has 4 N–H and O–H groups in total. The third-order valence-corrected chi connectivity index (χ3v) is 6.25. The largest absolute Gasteiger partial charge is 0.492 e. The number of carbonyl (C=O) groups is 2. The van der Waals surface area contributed by atoms with Crippen molar-refractivity contribution in [3.8, 4) is 5.75 Å². The minimum absolute atomic E-state index is 0.0142. The standard InChI is InChI=1S/C26H31N3O8/c1-14-4-7-17(8-5-14)35-11-10-29-19-9-6-15(2)12-18(19)21(25(29)34)28-37-26-22(27-16(3)31)24(33)23(32)20(13-30)36-26/h4-9,12,20,22-24,26,30,32-33H,10-11,13H2,1-3H3,(H,27,31)/b28-21-/t20-,22+,23-,24-,26+/m1/s1. The van der Waals surface area contributed by atoms with Gasteiger partial charge in [-0.2, -0.15) is 0 Å². The van der Waals surface area contributed by atoms with Gasteiger partial charge in [-0.25, -0.2) is 0 Å². The van der Waals surface area contributed by atoms with Gasteiger partial charge in [0.1, 0.15) is 36.7 Å². The first-order valence-electron chi connectivity index (χ1n) is 12.0. The molecular weight excluding hydrogens is 482 g/mol. The third-order valence-electron chi connectivity index (χ3n) is 6.25. The molecule has 0 spiro atoms. The highest BCUT2D eigenvalue weighted by Crippen LogP contribution is 2.31. The van der Waals surface area contributed by atoms with E-state index in [0.717, 1.165) is 11.1 Å². The van der Waals surface area contributed by atoms with Crippen LogP contribution in [-0.4, -0.2) is 83.2 Å². The molecule has 11 nitrogen and oxygen atoms in total. The van der Waals surface area contributed by atoms with Crippen molar-refractivity contribution < 1.29 is 39.2 Å². The Kier molecular flexibility index (Phi) is 8.08. The van der Waals surface area contributed by atoms with Crippen molar-refractivity contribution in [2.24, 2.45) is 5.16 Å². The average molecular weight is 514 g/mol. The smallest absolute Gasteiger partial charge is 0.281 e. The summed E-state index contributed by atoms with van der Waals surface area (Å²) in [5.41, 5.74) is 3.21. The van der Waals surface area contributed by atoms with Gasteiger partial charge in [0, 0.05) is 12.5 Å². The van der Waals surface area contributed by atoms with Crippen molar-refractivity contribution in [1.29, 1.82) is 0 Å². The first-order valence-corrected chi connectivity index (χ1v) is 12.0. The number of amides is 2. The van der Waals surface area contributed by atoms with E-state index >= 15 is 0 Å². The average Bonchev–Trinajstić information content (AvgIpc) is 3.12. The molecule has 0 aromatic heterocycles. The molecule has 0 bridgehead atoms. The Morgan fingerprint density at radius 3 is 2.49 bits per heavy atom. The molecule has 2 aromatic rings. The van der Waals surface area contributed by atoms with Crippen molar-refractivity contribution in [2.75, 3.05) is 24.7 Å². The SMILES string of the molecule is CC(=O)N[C@@H]1[C@H](O/N=C2\C(=O)N(CCOc3ccc(C)cc3)c3ccc(C)cc32)O[C@H](CO)[C@@H](O)[C@@H]1O. The van der Waals surface area contributed by atoms with Crippen molar-refractivity contribution in [2.45, 2.75) is 51.4 Å². The Morgan fingerprint density at radius 2 is 1.81 bits per heavy atom. The topological polar surface area (TPSA) is 150 Å². The second-order valence-corrected chi connectivity index (χ2v) is 9.12. The van der Waals surface area contributed by atoms with Gasteiger partial charge in [-0.15, -0.1) is 0 Å². The Balaban J connectivity index is 1.54. The normalized spacial score (nSPS) is 26.2. The number of ether oxygens (including phenoxy) is 2. The van der Waals surface area contributed by atoms with Crippen LogP contribution in [0, 0.1) is 13.8 Å². The van der Waals surface area contributed by atoms with Crippen LogP contribution in [0.1, 0.15) is 23.6 Å². The zero-order chi connectivity index (χ0) is 26.7. The van der Waals surface area contributed by atoms with E-state index in [4.69, 9.17) is 14.3 Å². The molecule has 4 rings (SSSR count). The molecule has 2 aliphatic heterocycles. The molecular formula is C26H31N3O8. The molecule has 5 atom stereocenters. The summed E-state index contributed by atoms with van der Waals surface area (Å²) in [7, 11) is 0. The van der Waals surface area contributed by atoms with Crippen LogP contribution in [-0.2, 0) is 19.2 Å². The molecule has 0 saturated carbocycles. The van der Waals surface area contributed by atoms with Crippen LogP contribution in [0.25, 0.3) is 0 Å². The fourth-order valence-electron chi connectivity index (χ4n) is 4.29. The van der Waals surface area contributed by atoms with E-state index in [1.807, 2.05) is 50.2 Å². The van der Waals surface area contributed by atoms with Gasteiger partial charge in [-0.05, 0) is 38.1 Å². The monoisotopic (exact) mass is 513 g/mol. The number of rotatable bonds is 8. The van der Waals surface area contributed by atoms with Gasteiger partial charge in [0.25, 0.3) is 5.91 Å². The molecule has 0 radical (unpaired) electrons. The van der Waals surface area contributed by atoms with E-state index in [1.165, 1.54) is 11.8 Å². The van der Waals surface area contributed by atoms with Crippen molar-refractivity contribution in [3.05, 3.63) is 59.2 Å². The summed E-state index contributed by atoms with van der Waals surface area (Å²) in [6.45, 7) is 5.00. The number of hydrogen-bond donors (Lipinski definition) is 4. The Labute approximate surface area is 214 Å². The number of nitrogens with zero attached hydrogens (tertiary/aromatic N) is 2. The number of nitrogens with one attached hydrogen (secondary N) is 1. The third kappa shape index (κ3) is 5.75. The summed E-state index contributed by atoms with van der Waals surface area (Å²) in [4.78, 5) is 32.1. The molecule has 0 aliphatic carbocycles. The maximum absolute atomic E-state index is 13.3. The summed E-state index contributed by atoms with van der Waals surface area (Å²) in [6, 6.07) is 11.9. The van der Waals surface area contributed by atoms with E-state index < -0.39 is 49.1 Å². The van der Waals surface area contributed by atoms with Gasteiger partial charge in [0.2, 0.25) is 12.2 Å². The molecule has 2 amide bonds. The van der Waals surface area contributed by atoms with Crippen molar-refractivity contribution in [3.63, 3.8) is 0 Å². The van der Waals surface area contributed by atoms with Crippen LogP contribution in [0.15, 0.2) is 47.6 Å². The summed E-state index contributed by atoms with van der Waals surface area (Å²) in [5.74, 6) is -0.225. The molecule has 0 unspecified atom stereocenters. The molecule has 1 fully saturated rings. The number of oxime groups is 1. The molecule has 37 heavy (non-hydrogen) atoms. The van der Waals surface area contributed by atoms with Crippen molar-refractivity contribution >= 4 is 23.2 Å². The van der Waals surface area contributed by atoms with Gasteiger partial charge in [-0.3, -0.25) is 9.59 Å². The second kappa shape index (κ2) is 11.3. The molecule has 2 heterocycles. The van der Waals surface area contributed by atoms with Crippen LogP contribution in [0.3, 0.4) is 0 Å². The number of carbonyl (C=O) groups excluding carboxylic acids is 2. The lowest BCUT2D eigenvalue weighted by atomic mass is 9.97. The van der Waals surface area contributed by atoms with Crippen LogP contribution in [0.2, 0.25) is 0 Å². The first kappa shape index (κ1) is 26.6. The lowest BCUT2D eigenvalue weighted by Crippen LogP contribution is -2.64. The van der Waals surface area contributed by atoms with E-state index in [-0.39, 0.29) is 18.9 Å². The van der Waals surface area contributed by atoms with Crippen molar-refractivity contribution in [1.82, 2.24) is 5.32 Å². The maximum Gasteiger partial charge on any atom is 0.281 e. The van der Waals surface area contributed by atoms with Gasteiger partial charge in [0.05, 0.1) is 18.8 Å². The minimum Gasteiger partial charge on any atom is -0.492 e. The molecule has 2 aliphatic rings. The summed E-state index contributed by atoms with van der Waals surface area (Å²) in [6.07, 6.45) is -5.50. The summed E-state index contributed by atoms with van der Waals surface area (Å²) in [5, 5.41) is 36.7. The number of aliphatic hydroxyl groups is 3. The number of anilines is 1. The highest BCUT2D eigenvalue weighted by Gasteiger charge is 2.46. The Morgan fingerprint density at radius 1 is 1.11 bits per heavy atom. The quantitative estimate of drug-likeness (QED) is 0.371. The summed E-state index contributed by atoms with van der Waals surface area (Å²) >= 11 is 0. The number of fused-ring (bicyclic) bond motifs is 1. The van der Waals surface area contributed by atoms with Gasteiger partial charge in [-0.1, -0.05) is 34.5 Å². The number of hydrogen-bond acceptors (Lipinski definition) is 9. The maximum atomic E-state index is 13.3. The number of aryl methyl sites for hydroxylation is 2. The Bertz CT molecular complexity index is 1170. The number of aliphatic hydroxyl groups excluding tert-OH is 3. The predicted octanol–water partition coefficient (Wildman–Crippen LogP) is 0.393. The van der Waals surface area contributed by atoms with E-state index in [1.54, 1.807) is 6.07 Å². The second-order valence-electron chi connectivity index (χ2n) is 9.12. The number of benzene rings is 2. The minimum atomic E-state index is -1.50. The van der Waals surface area contributed by atoms with Crippen LogP contribution < -0.4 is 15.0 Å². The summed E-state index contributed by atoms with van der Waals surface area (Å²) < 4.78 is 11.3. The highest BCUT2D eigenvalue weighted by atomic mass is 16.8. The van der Waals surface area contributed by atoms with Gasteiger partial charge in [0.15, 0.2) is 5.71 Å². The first-order chi connectivity index (χ1) is 17.7. The van der Waals surface area contributed by atoms with Gasteiger partial charge >= 0.3 is 0 Å². The molecule has 198 valence electrons. The van der Waals surface area contributed by atoms with Crippen LogP contribution >= 0.6 is 0 Å². The van der Waals surface area contributed by atoms with Crippen LogP contribution in [0.5, 0.6) is 5.75 Å². The Hall–Kier alpha value is -3.51. The fourth-order valence-corrected chi connectivity index (χ4v) is 4.29. The zero-order valence-electron chi connectivity index (χ0n) is 20.8. The lowest BCUT2D eigenvalue weighted by molar-refractivity contribution is -0.270. The molecule has 1 saturated heterocycles. The van der Waals surface area contributed by atoms with E-state index in [2.05, 4.69) is 10.5 Å². The fraction of sp³-hybridized carbons (Fsp3) is 0.423. The molecule has 11 heteroatoms.